The summed E-state index contributed by atoms with van der Waals surface area (Å²) in [5, 5.41) is 8.93. The van der Waals surface area contributed by atoms with Gasteiger partial charge in [-0.2, -0.15) is 0 Å². The normalized spacial score (nSPS) is 15.1. The highest BCUT2D eigenvalue weighted by molar-refractivity contribution is 5.85. The number of hydrogen-bond acceptors (Lipinski definition) is 4. The van der Waals surface area contributed by atoms with Crippen molar-refractivity contribution in [3.63, 3.8) is 0 Å². The van der Waals surface area contributed by atoms with E-state index in [2.05, 4.69) is 9.97 Å². The third kappa shape index (κ3) is 2.55. The molecule has 1 N–H and O–H groups in total. The lowest BCUT2D eigenvalue weighted by atomic mass is 10.3. The lowest BCUT2D eigenvalue weighted by Crippen LogP contribution is -2.08. The Kier molecular flexibility index (Phi) is 3.14. The van der Waals surface area contributed by atoms with Gasteiger partial charge < -0.3 is 9.84 Å². The molecule has 1 fully saturated rings. The molecule has 16 heavy (non-hydrogen) atoms. The lowest BCUT2D eigenvalue weighted by molar-refractivity contribution is 0.0689. The van der Waals surface area contributed by atoms with Crippen LogP contribution in [0.4, 0.5) is 0 Å². The number of rotatable bonds is 5. The van der Waals surface area contributed by atoms with Crippen molar-refractivity contribution < 1.29 is 14.6 Å². The number of carbonyl (C=O) groups is 1. The molecule has 0 bridgehead atoms. The number of hydrogen-bond donors (Lipinski definition) is 1. The van der Waals surface area contributed by atoms with Gasteiger partial charge >= 0.3 is 5.97 Å². The molecular weight excluding hydrogens is 208 g/mol. The van der Waals surface area contributed by atoms with Crippen molar-refractivity contribution in [2.24, 2.45) is 0 Å². The molecule has 1 aliphatic carbocycles. The smallest absolute Gasteiger partial charge is 0.354 e. The SMILES string of the molecule is CCOCc1cc(C(=O)O)nc(C2CC2)n1. The van der Waals surface area contributed by atoms with Gasteiger partial charge in [0.1, 0.15) is 5.82 Å². The molecule has 0 amide bonds. The first-order valence-electron chi connectivity index (χ1n) is 5.39. The van der Waals surface area contributed by atoms with Crippen LogP contribution in [-0.2, 0) is 11.3 Å². The molecule has 0 saturated heterocycles. The Morgan fingerprint density at radius 1 is 1.56 bits per heavy atom. The molecule has 1 aromatic rings. The lowest BCUT2D eigenvalue weighted by Gasteiger charge is -2.05. The minimum Gasteiger partial charge on any atom is -0.477 e. The maximum absolute atomic E-state index is 10.9. The Morgan fingerprint density at radius 2 is 2.31 bits per heavy atom. The molecule has 1 saturated carbocycles. The first-order valence-corrected chi connectivity index (χ1v) is 5.39. The number of aromatic carboxylic acids is 1. The van der Waals surface area contributed by atoms with Crippen molar-refractivity contribution in [1.29, 1.82) is 0 Å². The summed E-state index contributed by atoms with van der Waals surface area (Å²) in [6.45, 7) is 2.82. The van der Waals surface area contributed by atoms with Crippen LogP contribution in [-0.4, -0.2) is 27.7 Å². The standard InChI is InChI=1S/C11H14N2O3/c1-2-16-6-8-5-9(11(14)15)13-10(12-8)7-3-4-7/h5,7H,2-4,6H2,1H3,(H,14,15). The molecule has 86 valence electrons. The number of carboxylic acid groups (broad SMARTS) is 1. The quantitative estimate of drug-likeness (QED) is 0.819. The van der Waals surface area contributed by atoms with Crippen LogP contribution in [0.15, 0.2) is 6.07 Å². The molecule has 0 radical (unpaired) electrons. The van der Waals surface area contributed by atoms with E-state index in [0.29, 0.717) is 30.7 Å². The maximum Gasteiger partial charge on any atom is 0.354 e. The largest absolute Gasteiger partial charge is 0.477 e. The predicted molar refractivity (Wildman–Crippen MR) is 56.3 cm³/mol. The summed E-state index contributed by atoms with van der Waals surface area (Å²) >= 11 is 0. The zero-order valence-corrected chi connectivity index (χ0v) is 9.14. The molecular formula is C11H14N2O3. The van der Waals surface area contributed by atoms with Crippen LogP contribution < -0.4 is 0 Å². The van der Waals surface area contributed by atoms with Crippen LogP contribution in [0.3, 0.4) is 0 Å². The number of ether oxygens (including phenoxy) is 1. The van der Waals surface area contributed by atoms with Crippen molar-refractivity contribution in [3.05, 3.63) is 23.3 Å². The van der Waals surface area contributed by atoms with E-state index in [0.717, 1.165) is 12.8 Å². The molecule has 0 unspecified atom stereocenters. The minimum atomic E-state index is -1.01. The van der Waals surface area contributed by atoms with Crippen LogP contribution in [0, 0.1) is 0 Å². The van der Waals surface area contributed by atoms with Gasteiger partial charge in [0.25, 0.3) is 0 Å². The Morgan fingerprint density at radius 3 is 2.88 bits per heavy atom. The molecule has 0 spiro atoms. The highest BCUT2D eigenvalue weighted by Crippen LogP contribution is 2.38. The average molecular weight is 222 g/mol. The van der Waals surface area contributed by atoms with Gasteiger partial charge in [-0.05, 0) is 25.8 Å². The van der Waals surface area contributed by atoms with Crippen molar-refractivity contribution in [2.75, 3.05) is 6.61 Å². The molecule has 0 aliphatic heterocycles. The van der Waals surface area contributed by atoms with E-state index in [4.69, 9.17) is 9.84 Å². The Labute approximate surface area is 93.5 Å². The summed E-state index contributed by atoms with van der Waals surface area (Å²) in [5.74, 6) is -0.0173. The van der Waals surface area contributed by atoms with Gasteiger partial charge in [0, 0.05) is 12.5 Å². The number of nitrogens with zero attached hydrogens (tertiary/aromatic N) is 2. The third-order valence-electron chi connectivity index (χ3n) is 2.41. The van der Waals surface area contributed by atoms with E-state index in [1.807, 2.05) is 6.92 Å². The third-order valence-corrected chi connectivity index (χ3v) is 2.41. The molecule has 1 aliphatic rings. The molecule has 2 rings (SSSR count). The van der Waals surface area contributed by atoms with Crippen LogP contribution in [0.25, 0.3) is 0 Å². The summed E-state index contributed by atoms with van der Waals surface area (Å²) in [4.78, 5) is 19.2. The van der Waals surface area contributed by atoms with Crippen molar-refractivity contribution in [3.8, 4) is 0 Å². The monoisotopic (exact) mass is 222 g/mol. The second-order valence-corrected chi connectivity index (χ2v) is 3.82. The van der Waals surface area contributed by atoms with Crippen molar-refractivity contribution >= 4 is 5.97 Å². The maximum atomic E-state index is 10.9. The number of carboxylic acids is 1. The van der Waals surface area contributed by atoms with E-state index >= 15 is 0 Å². The fourth-order valence-corrected chi connectivity index (χ4v) is 1.43. The van der Waals surface area contributed by atoms with Crippen molar-refractivity contribution in [2.45, 2.75) is 32.3 Å². The van der Waals surface area contributed by atoms with Gasteiger partial charge in [-0.15, -0.1) is 0 Å². The fraction of sp³-hybridized carbons (Fsp3) is 0.545. The van der Waals surface area contributed by atoms with Gasteiger partial charge in [0.05, 0.1) is 12.3 Å². The van der Waals surface area contributed by atoms with E-state index in [-0.39, 0.29) is 5.69 Å². The summed E-state index contributed by atoms with van der Waals surface area (Å²) in [6, 6.07) is 1.48. The molecule has 1 aromatic heterocycles. The summed E-state index contributed by atoms with van der Waals surface area (Å²) in [6.07, 6.45) is 2.11. The topological polar surface area (TPSA) is 72.3 Å². The van der Waals surface area contributed by atoms with Crippen LogP contribution in [0.1, 0.15) is 47.7 Å². The van der Waals surface area contributed by atoms with Crippen LogP contribution >= 0.6 is 0 Å². The zero-order chi connectivity index (χ0) is 11.5. The molecule has 0 atom stereocenters. The highest BCUT2D eigenvalue weighted by atomic mass is 16.5. The van der Waals surface area contributed by atoms with E-state index in [1.54, 1.807) is 0 Å². The zero-order valence-electron chi connectivity index (χ0n) is 9.14. The minimum absolute atomic E-state index is 0.0617. The van der Waals surface area contributed by atoms with Gasteiger partial charge in [-0.25, -0.2) is 14.8 Å². The number of aromatic nitrogens is 2. The molecule has 1 heterocycles. The van der Waals surface area contributed by atoms with Gasteiger partial charge in [0.2, 0.25) is 0 Å². The highest BCUT2D eigenvalue weighted by Gasteiger charge is 2.28. The summed E-state index contributed by atoms with van der Waals surface area (Å²) in [5.41, 5.74) is 0.711. The first-order chi connectivity index (χ1) is 7.70. The van der Waals surface area contributed by atoms with Crippen LogP contribution in [0.5, 0.6) is 0 Å². The fourth-order valence-electron chi connectivity index (χ4n) is 1.43. The average Bonchev–Trinajstić information content (AvgIpc) is 3.09. The first kappa shape index (κ1) is 11.0. The van der Waals surface area contributed by atoms with Gasteiger partial charge in [-0.1, -0.05) is 0 Å². The predicted octanol–water partition coefficient (Wildman–Crippen LogP) is 1.59. The Hall–Kier alpha value is -1.49. The van der Waals surface area contributed by atoms with E-state index < -0.39 is 5.97 Å². The second-order valence-electron chi connectivity index (χ2n) is 3.82. The van der Waals surface area contributed by atoms with E-state index in [1.165, 1.54) is 6.07 Å². The van der Waals surface area contributed by atoms with Crippen molar-refractivity contribution in [1.82, 2.24) is 9.97 Å². The Balaban J connectivity index is 2.25. The second kappa shape index (κ2) is 4.57. The van der Waals surface area contributed by atoms with Crippen LogP contribution in [0.2, 0.25) is 0 Å². The summed E-state index contributed by atoms with van der Waals surface area (Å²) < 4.78 is 5.23. The Bertz CT molecular complexity index is 402. The molecule has 5 heteroatoms. The molecule has 0 aromatic carbocycles. The van der Waals surface area contributed by atoms with Gasteiger partial charge in [0.15, 0.2) is 5.69 Å². The molecule has 5 nitrogen and oxygen atoms in total. The van der Waals surface area contributed by atoms with E-state index in [9.17, 15) is 4.79 Å². The van der Waals surface area contributed by atoms with Gasteiger partial charge in [-0.3, -0.25) is 0 Å². The summed E-state index contributed by atoms with van der Waals surface area (Å²) in [7, 11) is 0.